The summed E-state index contributed by atoms with van der Waals surface area (Å²) in [4.78, 5) is 14.7. The minimum atomic E-state index is -0.838. The minimum absolute atomic E-state index is 0.0499. The molecule has 1 aromatic carbocycles. The smallest absolute Gasteiger partial charge is 0.305 e. The standard InChI is InChI=1S/C11H10N2O2S/c14-10(15)5-6-13-7-12-9-4-2-1-3-8(9)11(13)16/h1-4,7H,5-6H2,(H,14,15). The van der Waals surface area contributed by atoms with Crippen LogP contribution in [0.3, 0.4) is 0 Å². The van der Waals surface area contributed by atoms with Gasteiger partial charge in [-0.2, -0.15) is 0 Å². The van der Waals surface area contributed by atoms with Gasteiger partial charge in [-0.05, 0) is 12.1 Å². The molecule has 0 saturated carbocycles. The molecule has 0 spiro atoms. The molecule has 5 heteroatoms. The van der Waals surface area contributed by atoms with Crippen molar-refractivity contribution < 1.29 is 9.90 Å². The normalized spacial score (nSPS) is 10.5. The minimum Gasteiger partial charge on any atom is -0.481 e. The summed E-state index contributed by atoms with van der Waals surface area (Å²) in [7, 11) is 0. The Kier molecular flexibility index (Phi) is 2.96. The molecule has 0 fully saturated rings. The predicted octanol–water partition coefficient (Wildman–Crippen LogP) is 2.24. The lowest BCUT2D eigenvalue weighted by Gasteiger charge is -2.06. The van der Waals surface area contributed by atoms with E-state index >= 15 is 0 Å². The second-order valence-corrected chi connectivity index (χ2v) is 3.79. The maximum Gasteiger partial charge on any atom is 0.305 e. The van der Waals surface area contributed by atoms with Crippen LogP contribution in [0.15, 0.2) is 30.6 Å². The highest BCUT2D eigenvalue weighted by Crippen LogP contribution is 2.12. The van der Waals surface area contributed by atoms with E-state index in [4.69, 9.17) is 17.3 Å². The summed E-state index contributed by atoms with van der Waals surface area (Å²) in [5.41, 5.74) is 0.832. The van der Waals surface area contributed by atoms with Crippen molar-refractivity contribution in [3.05, 3.63) is 35.2 Å². The van der Waals surface area contributed by atoms with Crippen LogP contribution in [0, 0.1) is 4.64 Å². The zero-order chi connectivity index (χ0) is 11.5. The highest BCUT2D eigenvalue weighted by atomic mass is 32.1. The number of aliphatic carboxylic acids is 1. The molecule has 2 aromatic rings. The molecule has 4 nitrogen and oxygen atoms in total. The quantitative estimate of drug-likeness (QED) is 0.827. The van der Waals surface area contributed by atoms with E-state index in [0.29, 0.717) is 11.2 Å². The first-order chi connectivity index (χ1) is 7.68. The van der Waals surface area contributed by atoms with Gasteiger partial charge in [-0.3, -0.25) is 4.79 Å². The number of para-hydroxylation sites is 1. The summed E-state index contributed by atoms with van der Waals surface area (Å²) < 4.78 is 2.32. The van der Waals surface area contributed by atoms with Crippen LogP contribution >= 0.6 is 12.2 Å². The van der Waals surface area contributed by atoms with E-state index in [1.165, 1.54) is 0 Å². The molecular formula is C11H10N2O2S. The zero-order valence-corrected chi connectivity index (χ0v) is 9.28. The Labute approximate surface area is 97.2 Å². The highest BCUT2D eigenvalue weighted by molar-refractivity contribution is 7.71. The molecular weight excluding hydrogens is 224 g/mol. The molecule has 0 saturated heterocycles. The highest BCUT2D eigenvalue weighted by Gasteiger charge is 2.02. The van der Waals surface area contributed by atoms with E-state index in [1.54, 1.807) is 10.9 Å². The number of hydrogen-bond acceptors (Lipinski definition) is 3. The Hall–Kier alpha value is -1.75. The largest absolute Gasteiger partial charge is 0.481 e. The third kappa shape index (κ3) is 2.09. The number of aryl methyl sites for hydroxylation is 1. The fraction of sp³-hybridized carbons (Fsp3) is 0.182. The number of rotatable bonds is 3. The van der Waals surface area contributed by atoms with Crippen LogP contribution < -0.4 is 0 Å². The molecule has 0 aliphatic carbocycles. The van der Waals surface area contributed by atoms with Crippen molar-refractivity contribution >= 4 is 29.1 Å². The van der Waals surface area contributed by atoms with Gasteiger partial charge in [0.2, 0.25) is 0 Å². The van der Waals surface area contributed by atoms with Crippen LogP contribution in [0.4, 0.5) is 0 Å². The van der Waals surface area contributed by atoms with Gasteiger partial charge in [-0.25, -0.2) is 4.98 Å². The van der Waals surface area contributed by atoms with Crippen LogP contribution in [-0.4, -0.2) is 20.6 Å². The Balaban J connectivity index is 2.45. The van der Waals surface area contributed by atoms with Crippen molar-refractivity contribution in [3.8, 4) is 0 Å². The molecule has 0 bridgehead atoms. The number of fused-ring (bicyclic) bond motifs is 1. The maximum absolute atomic E-state index is 10.5. The van der Waals surface area contributed by atoms with E-state index in [-0.39, 0.29) is 6.42 Å². The summed E-state index contributed by atoms with van der Waals surface area (Å²) in [6.45, 7) is 0.353. The van der Waals surface area contributed by atoms with E-state index < -0.39 is 5.97 Å². The summed E-state index contributed by atoms with van der Waals surface area (Å²) in [6.07, 6.45) is 1.64. The van der Waals surface area contributed by atoms with E-state index in [9.17, 15) is 4.79 Å². The SMILES string of the molecule is O=C(O)CCn1cnc2ccccc2c1=S. The van der Waals surface area contributed by atoms with Crippen molar-refractivity contribution in [2.75, 3.05) is 0 Å². The van der Waals surface area contributed by atoms with Gasteiger partial charge >= 0.3 is 5.97 Å². The lowest BCUT2D eigenvalue weighted by Crippen LogP contribution is -2.06. The van der Waals surface area contributed by atoms with Crippen LogP contribution in [0.1, 0.15) is 6.42 Å². The monoisotopic (exact) mass is 234 g/mol. The molecule has 2 rings (SSSR count). The molecule has 16 heavy (non-hydrogen) atoms. The molecule has 0 amide bonds. The van der Waals surface area contributed by atoms with Crippen molar-refractivity contribution in [2.24, 2.45) is 0 Å². The predicted molar refractivity (Wildman–Crippen MR) is 62.8 cm³/mol. The molecule has 1 heterocycles. The Morgan fingerprint density at radius 2 is 2.19 bits per heavy atom. The first kappa shape index (κ1) is 10.8. The van der Waals surface area contributed by atoms with Crippen molar-refractivity contribution in [2.45, 2.75) is 13.0 Å². The molecule has 0 atom stereocenters. The maximum atomic E-state index is 10.5. The van der Waals surface area contributed by atoms with Gasteiger partial charge in [0, 0.05) is 11.9 Å². The topological polar surface area (TPSA) is 55.1 Å². The number of aromatic nitrogens is 2. The molecule has 0 radical (unpaired) electrons. The van der Waals surface area contributed by atoms with Crippen LogP contribution in [0.25, 0.3) is 10.9 Å². The van der Waals surface area contributed by atoms with E-state index in [1.807, 2.05) is 24.3 Å². The lowest BCUT2D eigenvalue weighted by atomic mass is 10.2. The van der Waals surface area contributed by atoms with Gasteiger partial charge in [0.15, 0.2) is 0 Å². The first-order valence-electron chi connectivity index (χ1n) is 4.84. The number of nitrogens with zero attached hydrogens (tertiary/aromatic N) is 2. The van der Waals surface area contributed by atoms with Crippen LogP contribution in [0.5, 0.6) is 0 Å². The summed E-state index contributed by atoms with van der Waals surface area (Å²) in [5.74, 6) is -0.838. The fourth-order valence-electron chi connectivity index (χ4n) is 1.48. The number of benzene rings is 1. The van der Waals surface area contributed by atoms with Crippen LogP contribution in [-0.2, 0) is 11.3 Å². The van der Waals surface area contributed by atoms with Crippen molar-refractivity contribution in [1.29, 1.82) is 0 Å². The van der Waals surface area contributed by atoms with E-state index in [2.05, 4.69) is 4.98 Å². The third-order valence-electron chi connectivity index (χ3n) is 2.30. The third-order valence-corrected chi connectivity index (χ3v) is 2.75. The van der Waals surface area contributed by atoms with Gasteiger partial charge in [-0.15, -0.1) is 0 Å². The summed E-state index contributed by atoms with van der Waals surface area (Å²) >= 11 is 5.28. The number of hydrogen-bond donors (Lipinski definition) is 1. The van der Waals surface area contributed by atoms with Gasteiger partial charge < -0.3 is 9.67 Å². The molecule has 0 aliphatic heterocycles. The van der Waals surface area contributed by atoms with Gasteiger partial charge in [-0.1, -0.05) is 24.4 Å². The van der Waals surface area contributed by atoms with Crippen molar-refractivity contribution in [3.63, 3.8) is 0 Å². The Morgan fingerprint density at radius 1 is 1.44 bits per heavy atom. The average molecular weight is 234 g/mol. The lowest BCUT2D eigenvalue weighted by molar-refractivity contribution is -0.137. The Bertz CT molecular complexity index is 592. The summed E-state index contributed by atoms with van der Waals surface area (Å²) in [6, 6.07) is 7.56. The average Bonchev–Trinajstić information content (AvgIpc) is 2.28. The molecule has 1 N–H and O–H groups in total. The summed E-state index contributed by atoms with van der Waals surface area (Å²) in [5, 5.41) is 9.49. The Morgan fingerprint density at radius 3 is 2.94 bits per heavy atom. The van der Waals surface area contributed by atoms with E-state index in [0.717, 1.165) is 10.9 Å². The van der Waals surface area contributed by atoms with Crippen molar-refractivity contribution in [1.82, 2.24) is 9.55 Å². The molecule has 82 valence electrons. The molecule has 0 unspecified atom stereocenters. The second-order valence-electron chi connectivity index (χ2n) is 3.40. The van der Waals surface area contributed by atoms with Crippen LogP contribution in [0.2, 0.25) is 0 Å². The number of carboxylic acid groups (broad SMARTS) is 1. The van der Waals surface area contributed by atoms with Gasteiger partial charge in [0.25, 0.3) is 0 Å². The second kappa shape index (κ2) is 4.40. The van der Waals surface area contributed by atoms with Gasteiger partial charge in [0.05, 0.1) is 18.3 Å². The molecule has 0 aliphatic rings. The van der Waals surface area contributed by atoms with Gasteiger partial charge in [0.1, 0.15) is 4.64 Å². The number of carbonyl (C=O) groups is 1. The number of carboxylic acids is 1. The fourth-order valence-corrected chi connectivity index (χ4v) is 1.79. The molecule has 1 aromatic heterocycles. The first-order valence-corrected chi connectivity index (χ1v) is 5.25. The zero-order valence-electron chi connectivity index (χ0n) is 8.46.